The molecule has 0 N–H and O–H groups in total. The molecule has 0 amide bonds. The Balaban J connectivity index is 3.08. The molecule has 0 radical (unpaired) electrons. The fourth-order valence-corrected chi connectivity index (χ4v) is 1.08. The number of rotatable bonds is 7. The predicted octanol–water partition coefficient (Wildman–Crippen LogP) is 4.48. The van der Waals surface area contributed by atoms with Crippen molar-refractivity contribution in [3.8, 4) is 0 Å². The summed E-state index contributed by atoms with van der Waals surface area (Å²) in [4.78, 5) is 0. The van der Waals surface area contributed by atoms with Crippen LogP contribution >= 0.6 is 0 Å². The van der Waals surface area contributed by atoms with Gasteiger partial charge in [0.25, 0.3) is 0 Å². The third kappa shape index (κ3) is 9.48. The predicted molar refractivity (Wildman–Crippen MR) is 57.3 cm³/mol. The van der Waals surface area contributed by atoms with E-state index in [1.165, 1.54) is 44.1 Å². The zero-order chi connectivity index (χ0) is 9.23. The van der Waals surface area contributed by atoms with E-state index < -0.39 is 0 Å². The minimum atomic E-state index is 1.18. The summed E-state index contributed by atoms with van der Waals surface area (Å²) in [7, 11) is 0. The van der Waals surface area contributed by atoms with Crippen molar-refractivity contribution in [3.63, 3.8) is 0 Å². The summed E-state index contributed by atoms with van der Waals surface area (Å²) in [6, 6.07) is 0. The van der Waals surface area contributed by atoms with E-state index in [0.717, 1.165) is 0 Å². The maximum Gasteiger partial charge on any atom is -0.0323 e. The first-order valence-corrected chi connectivity index (χ1v) is 5.06. The summed E-state index contributed by atoms with van der Waals surface area (Å²) in [6.07, 6.45) is 12.2. The molecule has 0 saturated carbocycles. The molecule has 0 aromatic heterocycles. The Morgan fingerprint density at radius 3 is 2.25 bits per heavy atom. The van der Waals surface area contributed by atoms with Crippen molar-refractivity contribution in [2.45, 2.75) is 52.4 Å². The molecule has 0 saturated heterocycles. The van der Waals surface area contributed by atoms with Crippen LogP contribution in [0.15, 0.2) is 24.3 Å². The molecule has 12 heavy (non-hydrogen) atoms. The lowest BCUT2D eigenvalue weighted by molar-refractivity contribution is 0.800. The van der Waals surface area contributed by atoms with E-state index in [4.69, 9.17) is 0 Å². The van der Waals surface area contributed by atoms with Gasteiger partial charge in [0.15, 0.2) is 0 Å². The van der Waals surface area contributed by atoms with Crippen molar-refractivity contribution in [1.82, 2.24) is 0 Å². The van der Waals surface area contributed by atoms with Gasteiger partial charge in [-0.1, -0.05) is 37.5 Å². The van der Waals surface area contributed by atoms with Crippen molar-refractivity contribution < 1.29 is 0 Å². The van der Waals surface area contributed by atoms with Gasteiger partial charge in [-0.15, -0.1) is 6.58 Å². The molecule has 0 nitrogen and oxygen atoms in total. The normalized spacial score (nSPS) is 10.8. The van der Waals surface area contributed by atoms with Crippen molar-refractivity contribution in [1.29, 1.82) is 0 Å². The Morgan fingerprint density at radius 2 is 1.75 bits per heavy atom. The van der Waals surface area contributed by atoms with Crippen LogP contribution in [-0.2, 0) is 0 Å². The van der Waals surface area contributed by atoms with E-state index in [0.29, 0.717) is 0 Å². The molecular weight excluding hydrogens is 144 g/mol. The summed E-state index contributed by atoms with van der Waals surface area (Å²) in [6.45, 7) is 8.21. The van der Waals surface area contributed by atoms with Gasteiger partial charge < -0.3 is 0 Å². The average Bonchev–Trinajstić information content (AvgIpc) is 2.02. The van der Waals surface area contributed by atoms with Crippen LogP contribution in [0.5, 0.6) is 0 Å². The first-order valence-electron chi connectivity index (χ1n) is 5.06. The van der Waals surface area contributed by atoms with Crippen LogP contribution in [0, 0.1) is 0 Å². The van der Waals surface area contributed by atoms with Gasteiger partial charge in [-0.2, -0.15) is 0 Å². The Morgan fingerprint density at radius 1 is 1.17 bits per heavy atom. The van der Waals surface area contributed by atoms with Crippen LogP contribution in [0.3, 0.4) is 0 Å². The summed E-state index contributed by atoms with van der Waals surface area (Å²) < 4.78 is 0. The van der Waals surface area contributed by atoms with Crippen molar-refractivity contribution in [3.05, 3.63) is 24.3 Å². The SMILES string of the molecule is C=C(C)CCCC=CCCCC. The molecule has 0 unspecified atom stereocenters. The van der Waals surface area contributed by atoms with Crippen LogP contribution < -0.4 is 0 Å². The van der Waals surface area contributed by atoms with Crippen molar-refractivity contribution in [2.75, 3.05) is 0 Å². The van der Waals surface area contributed by atoms with E-state index in [9.17, 15) is 0 Å². The molecule has 0 aromatic rings. The van der Waals surface area contributed by atoms with E-state index in [1.54, 1.807) is 0 Å². The highest BCUT2D eigenvalue weighted by Crippen LogP contribution is 2.05. The van der Waals surface area contributed by atoms with Gasteiger partial charge in [0.05, 0.1) is 0 Å². The zero-order valence-electron chi connectivity index (χ0n) is 8.60. The van der Waals surface area contributed by atoms with E-state index in [1.807, 2.05) is 0 Å². The molecule has 0 aliphatic carbocycles. The summed E-state index contributed by atoms with van der Waals surface area (Å²) in [5.74, 6) is 0. The number of hydrogen-bond donors (Lipinski definition) is 0. The Labute approximate surface area is 77.4 Å². The van der Waals surface area contributed by atoms with Crippen LogP contribution in [0.25, 0.3) is 0 Å². The molecule has 0 atom stereocenters. The van der Waals surface area contributed by atoms with Gasteiger partial charge in [0.1, 0.15) is 0 Å². The monoisotopic (exact) mass is 166 g/mol. The molecular formula is C12H22. The first kappa shape index (κ1) is 11.5. The van der Waals surface area contributed by atoms with E-state index in [2.05, 4.69) is 32.6 Å². The van der Waals surface area contributed by atoms with E-state index >= 15 is 0 Å². The Bertz CT molecular complexity index is 131. The molecule has 0 fully saturated rings. The summed E-state index contributed by atoms with van der Waals surface area (Å²) in [5.41, 5.74) is 1.30. The lowest BCUT2D eigenvalue weighted by Gasteiger charge is -1.94. The van der Waals surface area contributed by atoms with Gasteiger partial charge in [-0.25, -0.2) is 0 Å². The topological polar surface area (TPSA) is 0 Å². The number of unbranched alkanes of at least 4 members (excludes halogenated alkanes) is 3. The highest BCUT2D eigenvalue weighted by molar-refractivity contribution is 4.89. The molecule has 0 aromatic carbocycles. The third-order valence-corrected chi connectivity index (χ3v) is 1.87. The van der Waals surface area contributed by atoms with Gasteiger partial charge in [0, 0.05) is 0 Å². The van der Waals surface area contributed by atoms with Gasteiger partial charge in [0.2, 0.25) is 0 Å². The van der Waals surface area contributed by atoms with Crippen LogP contribution in [0.2, 0.25) is 0 Å². The molecule has 0 heteroatoms. The Kier molecular flexibility index (Phi) is 8.20. The smallest absolute Gasteiger partial charge is 0.0323 e. The maximum atomic E-state index is 3.88. The minimum Gasteiger partial charge on any atom is -0.100 e. The molecule has 0 spiro atoms. The second-order valence-corrected chi connectivity index (χ2v) is 3.46. The lowest BCUT2D eigenvalue weighted by atomic mass is 10.1. The van der Waals surface area contributed by atoms with Crippen molar-refractivity contribution in [2.24, 2.45) is 0 Å². The van der Waals surface area contributed by atoms with Crippen LogP contribution in [-0.4, -0.2) is 0 Å². The second-order valence-electron chi connectivity index (χ2n) is 3.46. The fourth-order valence-electron chi connectivity index (χ4n) is 1.08. The lowest BCUT2D eigenvalue weighted by Crippen LogP contribution is -1.74. The maximum absolute atomic E-state index is 3.88. The highest BCUT2D eigenvalue weighted by atomic mass is 13.9. The molecule has 0 aliphatic rings. The Hall–Kier alpha value is -0.520. The number of hydrogen-bond acceptors (Lipinski definition) is 0. The molecule has 0 heterocycles. The largest absolute Gasteiger partial charge is 0.100 e. The van der Waals surface area contributed by atoms with E-state index in [-0.39, 0.29) is 0 Å². The standard InChI is InChI=1S/C12H22/c1-4-5-6-7-8-9-10-11-12(2)3/h7-8H,2,4-6,9-11H2,1,3H3. The zero-order valence-corrected chi connectivity index (χ0v) is 8.60. The van der Waals surface area contributed by atoms with Crippen LogP contribution in [0.4, 0.5) is 0 Å². The van der Waals surface area contributed by atoms with Gasteiger partial charge >= 0.3 is 0 Å². The molecule has 0 aliphatic heterocycles. The summed E-state index contributed by atoms with van der Waals surface area (Å²) >= 11 is 0. The van der Waals surface area contributed by atoms with Gasteiger partial charge in [-0.05, 0) is 32.6 Å². The summed E-state index contributed by atoms with van der Waals surface area (Å²) in [5, 5.41) is 0. The minimum absolute atomic E-state index is 1.18. The highest BCUT2D eigenvalue weighted by Gasteiger charge is 1.84. The third-order valence-electron chi connectivity index (χ3n) is 1.87. The van der Waals surface area contributed by atoms with Crippen molar-refractivity contribution >= 4 is 0 Å². The van der Waals surface area contributed by atoms with Crippen LogP contribution in [0.1, 0.15) is 52.4 Å². The quantitative estimate of drug-likeness (QED) is 0.386. The van der Waals surface area contributed by atoms with Gasteiger partial charge in [-0.3, -0.25) is 0 Å². The molecule has 70 valence electrons. The fraction of sp³-hybridized carbons (Fsp3) is 0.667. The molecule has 0 rings (SSSR count). The number of allylic oxidation sites excluding steroid dienone is 3. The molecule has 0 bridgehead atoms. The second kappa shape index (κ2) is 8.58. The first-order chi connectivity index (χ1) is 5.77. The average molecular weight is 166 g/mol.